The zero-order chi connectivity index (χ0) is 17.9. The van der Waals surface area contributed by atoms with Crippen LogP contribution in [-0.4, -0.2) is 34.4 Å². The predicted molar refractivity (Wildman–Crippen MR) is 105 cm³/mol. The number of piperidine rings is 1. The summed E-state index contributed by atoms with van der Waals surface area (Å²) in [5.74, 6) is 1.24. The second-order valence-corrected chi connectivity index (χ2v) is 7.62. The van der Waals surface area contributed by atoms with Gasteiger partial charge in [0.25, 0.3) is 0 Å². The Balaban J connectivity index is 1.74. The lowest BCUT2D eigenvalue weighted by Gasteiger charge is -2.26. The van der Waals surface area contributed by atoms with Crippen LogP contribution >= 0.6 is 0 Å². The highest BCUT2D eigenvalue weighted by atomic mass is 16.3. The number of anilines is 1. The molecule has 4 rings (SSSR count). The Hall–Kier alpha value is -2.14. The Bertz CT molecular complexity index is 784. The van der Waals surface area contributed by atoms with Gasteiger partial charge in [-0.05, 0) is 75.3 Å². The topological polar surface area (TPSA) is 70.1 Å². The number of phenols is 1. The summed E-state index contributed by atoms with van der Waals surface area (Å²) in [5.41, 5.74) is 5.27. The molecule has 0 saturated carbocycles. The molecular weight excluding hydrogens is 324 g/mol. The van der Waals surface area contributed by atoms with Crippen molar-refractivity contribution in [3.63, 3.8) is 0 Å². The maximum Gasteiger partial charge on any atom is 0.152 e. The van der Waals surface area contributed by atoms with Gasteiger partial charge in [-0.3, -0.25) is 0 Å². The number of rotatable bonds is 3. The number of aromatic nitrogens is 2. The molecule has 2 heterocycles. The molecule has 1 saturated heterocycles. The average molecular weight is 352 g/mol. The van der Waals surface area contributed by atoms with Crippen LogP contribution < -0.4 is 10.6 Å². The van der Waals surface area contributed by atoms with E-state index in [1.165, 1.54) is 43.2 Å². The molecule has 26 heavy (non-hydrogen) atoms. The fourth-order valence-electron chi connectivity index (χ4n) is 4.17. The number of hydrogen-bond acceptors (Lipinski definition) is 5. The first-order valence-corrected chi connectivity index (χ1v) is 9.88. The van der Waals surface area contributed by atoms with E-state index in [0.717, 1.165) is 48.6 Å². The quantitative estimate of drug-likeness (QED) is 0.737. The third-order valence-electron chi connectivity index (χ3n) is 5.59. The van der Waals surface area contributed by atoms with Gasteiger partial charge in [0.15, 0.2) is 5.82 Å². The Morgan fingerprint density at radius 1 is 1.08 bits per heavy atom. The fourth-order valence-corrected chi connectivity index (χ4v) is 4.17. The molecule has 0 bridgehead atoms. The van der Waals surface area contributed by atoms with Gasteiger partial charge in [0.05, 0.1) is 0 Å². The fraction of sp³-hybridized carbons (Fsp3) is 0.524. The zero-order valence-electron chi connectivity index (χ0n) is 15.5. The van der Waals surface area contributed by atoms with Gasteiger partial charge in [0.2, 0.25) is 0 Å². The summed E-state index contributed by atoms with van der Waals surface area (Å²) in [6.07, 6.45) is 8.00. The lowest BCUT2D eigenvalue weighted by molar-refractivity contribution is 0.476. The number of aryl methyl sites for hydroxylation is 1. The van der Waals surface area contributed by atoms with E-state index in [0.29, 0.717) is 11.8 Å². The molecule has 0 amide bonds. The second-order valence-electron chi connectivity index (χ2n) is 7.62. The van der Waals surface area contributed by atoms with E-state index >= 15 is 0 Å². The molecule has 1 aromatic heterocycles. The number of nitrogens with zero attached hydrogens (tertiary/aromatic N) is 2. The number of nitrogens with one attached hydrogen (secondary N) is 2. The first-order valence-electron chi connectivity index (χ1n) is 9.88. The van der Waals surface area contributed by atoms with Gasteiger partial charge in [0, 0.05) is 23.7 Å². The van der Waals surface area contributed by atoms with Crippen molar-refractivity contribution >= 4 is 5.82 Å². The van der Waals surface area contributed by atoms with Crippen LogP contribution in [0.3, 0.4) is 0 Å². The minimum atomic E-state index is 0.294. The molecule has 5 nitrogen and oxygen atoms in total. The molecule has 1 atom stereocenters. The number of hydrogen-bond donors (Lipinski definition) is 3. The summed E-state index contributed by atoms with van der Waals surface area (Å²) in [6.45, 7) is 4.07. The van der Waals surface area contributed by atoms with Gasteiger partial charge in [-0.1, -0.05) is 12.5 Å². The molecule has 0 radical (unpaired) electrons. The van der Waals surface area contributed by atoms with Crippen molar-refractivity contribution in [2.75, 3.05) is 18.4 Å². The van der Waals surface area contributed by atoms with Gasteiger partial charge in [0.1, 0.15) is 11.4 Å². The lowest BCUT2D eigenvalue weighted by atomic mass is 9.96. The smallest absolute Gasteiger partial charge is 0.152 e. The monoisotopic (exact) mass is 352 g/mol. The minimum Gasteiger partial charge on any atom is -0.507 e. The largest absolute Gasteiger partial charge is 0.507 e. The number of fused-ring (bicyclic) bond motifs is 1. The van der Waals surface area contributed by atoms with E-state index in [1.54, 1.807) is 6.07 Å². The Labute approximate surface area is 155 Å². The first-order chi connectivity index (χ1) is 12.7. The average Bonchev–Trinajstić information content (AvgIpc) is 2.90. The summed E-state index contributed by atoms with van der Waals surface area (Å²) in [6, 6.07) is 6.22. The molecule has 0 spiro atoms. The summed E-state index contributed by atoms with van der Waals surface area (Å²) in [7, 11) is 0. The van der Waals surface area contributed by atoms with E-state index in [9.17, 15) is 5.11 Å². The van der Waals surface area contributed by atoms with Gasteiger partial charge in [-0.25, -0.2) is 0 Å². The third-order valence-corrected chi connectivity index (χ3v) is 5.59. The van der Waals surface area contributed by atoms with Crippen LogP contribution in [0.4, 0.5) is 5.82 Å². The van der Waals surface area contributed by atoms with Gasteiger partial charge >= 0.3 is 0 Å². The maximum absolute atomic E-state index is 10.5. The van der Waals surface area contributed by atoms with E-state index in [4.69, 9.17) is 0 Å². The number of benzene rings is 1. The van der Waals surface area contributed by atoms with E-state index in [2.05, 4.69) is 20.8 Å². The van der Waals surface area contributed by atoms with Crippen LogP contribution in [0.15, 0.2) is 18.2 Å². The van der Waals surface area contributed by atoms with Crippen LogP contribution in [0, 0.1) is 6.92 Å². The molecule has 1 fully saturated rings. The molecular formula is C21H28N4O. The Morgan fingerprint density at radius 2 is 1.92 bits per heavy atom. The van der Waals surface area contributed by atoms with Crippen molar-refractivity contribution in [1.29, 1.82) is 0 Å². The second kappa shape index (κ2) is 7.62. The van der Waals surface area contributed by atoms with E-state index < -0.39 is 0 Å². The number of aromatic hydroxyl groups is 1. The summed E-state index contributed by atoms with van der Waals surface area (Å²) < 4.78 is 0. The van der Waals surface area contributed by atoms with Crippen LogP contribution in [-0.2, 0) is 12.8 Å². The van der Waals surface area contributed by atoms with Crippen molar-refractivity contribution in [2.45, 2.75) is 57.9 Å². The Kier molecular flexibility index (Phi) is 5.07. The highest BCUT2D eigenvalue weighted by Gasteiger charge is 2.23. The molecule has 1 unspecified atom stereocenters. The molecule has 138 valence electrons. The van der Waals surface area contributed by atoms with E-state index in [1.807, 2.05) is 19.1 Å². The molecule has 5 heteroatoms. The normalized spacial score (nSPS) is 20.3. The molecule has 1 aromatic carbocycles. The summed E-state index contributed by atoms with van der Waals surface area (Å²) in [5, 5.41) is 26.7. The molecule has 2 aliphatic rings. The van der Waals surface area contributed by atoms with E-state index in [-0.39, 0.29) is 0 Å². The number of phenolic OH excluding ortho intramolecular Hbond substituents is 1. The lowest BCUT2D eigenvalue weighted by Crippen LogP contribution is -2.39. The predicted octanol–water partition coefficient (Wildman–Crippen LogP) is 3.59. The SMILES string of the molecule is Cc1ccc(-c2nnc(NC3CCCNC3)c3c2CCCCC3)c(O)c1. The van der Waals surface area contributed by atoms with Crippen molar-refractivity contribution < 1.29 is 5.11 Å². The molecule has 2 aromatic rings. The summed E-state index contributed by atoms with van der Waals surface area (Å²) >= 11 is 0. The van der Waals surface area contributed by atoms with Crippen LogP contribution in [0.25, 0.3) is 11.3 Å². The van der Waals surface area contributed by atoms with Crippen LogP contribution in [0.1, 0.15) is 48.8 Å². The van der Waals surface area contributed by atoms with Crippen molar-refractivity contribution in [3.05, 3.63) is 34.9 Å². The standard InChI is InChI=1S/C21H28N4O/c1-14-9-10-18(19(26)12-14)20-16-7-3-2-4-8-17(16)21(25-24-20)23-15-6-5-11-22-13-15/h9-10,12,15,22,26H,2-8,11,13H2,1H3,(H,23,25). The van der Waals surface area contributed by atoms with Crippen LogP contribution in [0.5, 0.6) is 5.75 Å². The first kappa shape index (κ1) is 17.3. The van der Waals surface area contributed by atoms with Crippen LogP contribution in [0.2, 0.25) is 0 Å². The highest BCUT2D eigenvalue weighted by Crippen LogP contribution is 2.36. The highest BCUT2D eigenvalue weighted by molar-refractivity contribution is 5.72. The molecule has 3 N–H and O–H groups in total. The zero-order valence-corrected chi connectivity index (χ0v) is 15.5. The van der Waals surface area contributed by atoms with Crippen molar-refractivity contribution in [1.82, 2.24) is 15.5 Å². The molecule has 1 aliphatic carbocycles. The Morgan fingerprint density at radius 3 is 2.69 bits per heavy atom. The summed E-state index contributed by atoms with van der Waals surface area (Å²) in [4.78, 5) is 0. The third kappa shape index (κ3) is 3.54. The minimum absolute atomic E-state index is 0.294. The van der Waals surface area contributed by atoms with Gasteiger partial charge in [-0.2, -0.15) is 0 Å². The molecule has 1 aliphatic heterocycles. The van der Waals surface area contributed by atoms with Crippen molar-refractivity contribution in [3.8, 4) is 17.0 Å². The van der Waals surface area contributed by atoms with Crippen molar-refractivity contribution in [2.24, 2.45) is 0 Å². The van der Waals surface area contributed by atoms with Gasteiger partial charge in [-0.15, -0.1) is 10.2 Å². The van der Waals surface area contributed by atoms with Gasteiger partial charge < -0.3 is 15.7 Å². The maximum atomic E-state index is 10.5.